The lowest BCUT2D eigenvalue weighted by molar-refractivity contribution is 0.0694. The lowest BCUT2D eigenvalue weighted by Crippen LogP contribution is -2.29. The van der Waals surface area contributed by atoms with Gasteiger partial charge in [-0.25, -0.2) is 14.8 Å². The molecule has 0 saturated heterocycles. The Hall–Kier alpha value is -1.49. The van der Waals surface area contributed by atoms with Crippen LogP contribution in [0.25, 0.3) is 0 Å². The van der Waals surface area contributed by atoms with Gasteiger partial charge in [0, 0.05) is 18.8 Å². The van der Waals surface area contributed by atoms with Crippen molar-refractivity contribution < 1.29 is 9.90 Å². The molecule has 0 aromatic carbocycles. The third-order valence-electron chi connectivity index (χ3n) is 3.44. The van der Waals surface area contributed by atoms with Gasteiger partial charge >= 0.3 is 5.97 Å². The Morgan fingerprint density at radius 1 is 1.33 bits per heavy atom. The van der Waals surface area contributed by atoms with Gasteiger partial charge in [0.25, 0.3) is 0 Å². The van der Waals surface area contributed by atoms with Crippen LogP contribution in [0.3, 0.4) is 0 Å². The molecule has 1 heterocycles. The van der Waals surface area contributed by atoms with Crippen molar-refractivity contribution in [3.8, 4) is 0 Å². The summed E-state index contributed by atoms with van der Waals surface area (Å²) in [5, 5.41) is 12.5. The maximum Gasteiger partial charge on any atom is 0.339 e. The molecule has 0 bridgehead atoms. The fourth-order valence-corrected chi connectivity index (χ4v) is 2.40. The monoisotopic (exact) mass is 249 g/mol. The van der Waals surface area contributed by atoms with Crippen molar-refractivity contribution in [2.75, 3.05) is 0 Å². The molecule has 0 radical (unpaired) electrons. The van der Waals surface area contributed by atoms with Crippen LogP contribution in [0.5, 0.6) is 0 Å². The molecule has 1 fully saturated rings. The Morgan fingerprint density at radius 2 is 2.06 bits per heavy atom. The quantitative estimate of drug-likeness (QED) is 0.798. The van der Waals surface area contributed by atoms with E-state index in [1.807, 2.05) is 0 Å². The average molecular weight is 249 g/mol. The predicted molar refractivity (Wildman–Crippen MR) is 67.3 cm³/mol. The molecule has 5 heteroatoms. The number of aromatic carboxylic acids is 1. The number of aromatic nitrogens is 2. The number of rotatable bonds is 4. The molecule has 0 aliphatic heterocycles. The molecule has 1 saturated carbocycles. The minimum atomic E-state index is -0.965. The molecule has 0 amide bonds. The number of hydrogen-bond acceptors (Lipinski definition) is 4. The van der Waals surface area contributed by atoms with Crippen molar-refractivity contribution in [2.24, 2.45) is 0 Å². The second-order valence-corrected chi connectivity index (χ2v) is 4.76. The van der Waals surface area contributed by atoms with Gasteiger partial charge in [0.2, 0.25) is 0 Å². The Kier molecular flexibility index (Phi) is 4.64. The molecule has 1 aliphatic rings. The van der Waals surface area contributed by atoms with Crippen LogP contribution < -0.4 is 5.32 Å². The van der Waals surface area contributed by atoms with Gasteiger partial charge in [-0.3, -0.25) is 0 Å². The number of nitrogens with one attached hydrogen (secondary N) is 1. The van der Waals surface area contributed by atoms with Crippen molar-refractivity contribution in [1.29, 1.82) is 0 Å². The molecule has 0 unspecified atom stereocenters. The standard InChI is InChI=1S/C13H19N3O2/c17-13(18)11-7-14-9-16-12(11)8-15-10-5-3-1-2-4-6-10/h7,9-10,15H,1-6,8H2,(H,17,18). The zero-order chi connectivity index (χ0) is 12.8. The molecular formula is C13H19N3O2. The molecule has 5 nitrogen and oxygen atoms in total. The number of carbonyl (C=O) groups is 1. The minimum absolute atomic E-state index is 0.193. The van der Waals surface area contributed by atoms with E-state index in [9.17, 15) is 4.79 Å². The van der Waals surface area contributed by atoms with Gasteiger partial charge in [-0.2, -0.15) is 0 Å². The van der Waals surface area contributed by atoms with Crippen LogP contribution in [0.4, 0.5) is 0 Å². The zero-order valence-electron chi connectivity index (χ0n) is 10.4. The van der Waals surface area contributed by atoms with E-state index in [1.54, 1.807) is 0 Å². The molecule has 2 rings (SSSR count). The van der Waals surface area contributed by atoms with E-state index < -0.39 is 5.97 Å². The van der Waals surface area contributed by atoms with Crippen molar-refractivity contribution in [1.82, 2.24) is 15.3 Å². The Morgan fingerprint density at radius 3 is 2.72 bits per heavy atom. The number of hydrogen-bond donors (Lipinski definition) is 2. The van der Waals surface area contributed by atoms with Crippen molar-refractivity contribution in [3.05, 3.63) is 23.8 Å². The first-order valence-corrected chi connectivity index (χ1v) is 6.53. The molecular weight excluding hydrogens is 230 g/mol. The molecule has 18 heavy (non-hydrogen) atoms. The number of nitrogens with zero attached hydrogens (tertiary/aromatic N) is 2. The summed E-state index contributed by atoms with van der Waals surface area (Å²) >= 11 is 0. The normalized spacial score (nSPS) is 17.3. The van der Waals surface area contributed by atoms with Crippen LogP contribution in [-0.2, 0) is 6.54 Å². The summed E-state index contributed by atoms with van der Waals surface area (Å²) in [6.45, 7) is 0.509. The zero-order valence-corrected chi connectivity index (χ0v) is 10.4. The van der Waals surface area contributed by atoms with E-state index in [1.165, 1.54) is 51.0 Å². The van der Waals surface area contributed by atoms with Gasteiger partial charge in [-0.05, 0) is 12.8 Å². The largest absolute Gasteiger partial charge is 0.478 e. The highest BCUT2D eigenvalue weighted by molar-refractivity contribution is 5.88. The van der Waals surface area contributed by atoms with Gasteiger partial charge in [0.1, 0.15) is 11.9 Å². The number of carboxylic acid groups (broad SMARTS) is 1. The van der Waals surface area contributed by atoms with E-state index >= 15 is 0 Å². The maximum absolute atomic E-state index is 11.0. The lowest BCUT2D eigenvalue weighted by Gasteiger charge is -2.16. The summed E-state index contributed by atoms with van der Waals surface area (Å²) < 4.78 is 0. The Balaban J connectivity index is 1.94. The summed E-state index contributed by atoms with van der Waals surface area (Å²) in [6, 6.07) is 0.490. The third kappa shape index (κ3) is 3.50. The Labute approximate surface area is 107 Å². The smallest absolute Gasteiger partial charge is 0.339 e. The van der Waals surface area contributed by atoms with Gasteiger partial charge in [-0.1, -0.05) is 25.7 Å². The Bertz CT molecular complexity index is 401. The average Bonchev–Trinajstić information content (AvgIpc) is 2.65. The lowest BCUT2D eigenvalue weighted by atomic mass is 10.1. The second-order valence-electron chi connectivity index (χ2n) is 4.76. The fourth-order valence-electron chi connectivity index (χ4n) is 2.40. The van der Waals surface area contributed by atoms with Crippen LogP contribution in [0.15, 0.2) is 12.5 Å². The first-order chi connectivity index (χ1) is 8.77. The van der Waals surface area contributed by atoms with E-state index in [2.05, 4.69) is 15.3 Å². The minimum Gasteiger partial charge on any atom is -0.478 e. The van der Waals surface area contributed by atoms with E-state index in [4.69, 9.17) is 5.11 Å². The molecule has 2 N–H and O–H groups in total. The fraction of sp³-hybridized carbons (Fsp3) is 0.615. The molecule has 1 aromatic heterocycles. The summed E-state index contributed by atoms with van der Waals surface area (Å²) in [4.78, 5) is 18.8. The number of carboxylic acids is 1. The second kappa shape index (κ2) is 6.44. The van der Waals surface area contributed by atoms with Crippen LogP contribution >= 0.6 is 0 Å². The van der Waals surface area contributed by atoms with Crippen LogP contribution in [-0.4, -0.2) is 27.1 Å². The highest BCUT2D eigenvalue weighted by Gasteiger charge is 2.15. The molecule has 98 valence electrons. The van der Waals surface area contributed by atoms with E-state index in [-0.39, 0.29) is 5.56 Å². The van der Waals surface area contributed by atoms with Crippen molar-refractivity contribution >= 4 is 5.97 Å². The van der Waals surface area contributed by atoms with Gasteiger partial charge in [-0.15, -0.1) is 0 Å². The van der Waals surface area contributed by atoms with Gasteiger partial charge < -0.3 is 10.4 Å². The SMILES string of the molecule is O=C(O)c1cncnc1CNC1CCCCCC1. The topological polar surface area (TPSA) is 75.1 Å². The molecule has 1 aromatic rings. The summed E-state index contributed by atoms with van der Waals surface area (Å²) in [6.07, 6.45) is 10.2. The van der Waals surface area contributed by atoms with E-state index in [0.29, 0.717) is 18.3 Å². The maximum atomic E-state index is 11.0. The van der Waals surface area contributed by atoms with Crippen LogP contribution in [0, 0.1) is 0 Å². The molecule has 0 spiro atoms. The highest BCUT2D eigenvalue weighted by atomic mass is 16.4. The van der Waals surface area contributed by atoms with Crippen LogP contribution in [0.1, 0.15) is 54.6 Å². The van der Waals surface area contributed by atoms with Crippen LogP contribution in [0.2, 0.25) is 0 Å². The van der Waals surface area contributed by atoms with Gasteiger partial charge in [0.15, 0.2) is 0 Å². The summed E-state index contributed by atoms with van der Waals surface area (Å²) in [5.41, 5.74) is 0.764. The predicted octanol–water partition coefficient (Wildman–Crippen LogP) is 1.99. The molecule has 0 atom stereocenters. The first-order valence-electron chi connectivity index (χ1n) is 6.53. The molecule has 1 aliphatic carbocycles. The third-order valence-corrected chi connectivity index (χ3v) is 3.44. The van der Waals surface area contributed by atoms with Crippen molar-refractivity contribution in [3.63, 3.8) is 0 Å². The first kappa shape index (κ1) is 13.0. The summed E-state index contributed by atoms with van der Waals surface area (Å²) in [5.74, 6) is -0.965. The van der Waals surface area contributed by atoms with Crippen molar-refractivity contribution in [2.45, 2.75) is 51.1 Å². The highest BCUT2D eigenvalue weighted by Crippen LogP contribution is 2.17. The van der Waals surface area contributed by atoms with Gasteiger partial charge in [0.05, 0.1) is 5.69 Å². The van der Waals surface area contributed by atoms with E-state index in [0.717, 1.165) is 0 Å². The summed E-state index contributed by atoms with van der Waals surface area (Å²) in [7, 11) is 0.